The number of nitriles is 1. The van der Waals surface area contributed by atoms with Gasteiger partial charge < -0.3 is 10.1 Å². The first kappa shape index (κ1) is 16.3. The second kappa shape index (κ2) is 6.14. The Morgan fingerprint density at radius 1 is 1.35 bits per heavy atom. The zero-order valence-corrected chi connectivity index (χ0v) is 11.6. The Labute approximate surface area is 116 Å². The fourth-order valence-corrected chi connectivity index (χ4v) is 1.84. The van der Waals surface area contributed by atoms with Crippen LogP contribution in [0.1, 0.15) is 25.8 Å². The van der Waals surface area contributed by atoms with Crippen molar-refractivity contribution in [1.82, 2.24) is 5.32 Å². The van der Waals surface area contributed by atoms with E-state index in [0.29, 0.717) is 0 Å². The van der Waals surface area contributed by atoms with Gasteiger partial charge in [0.05, 0.1) is 17.7 Å². The van der Waals surface area contributed by atoms with Crippen LogP contribution in [0.25, 0.3) is 0 Å². The SMILES string of the molecule is CNC(C)(C#N)CC(C)Oc1ccccc1C(F)(F)F. The molecule has 0 aliphatic carbocycles. The van der Waals surface area contributed by atoms with Crippen LogP contribution in [-0.4, -0.2) is 18.7 Å². The lowest BCUT2D eigenvalue weighted by atomic mass is 9.97. The third-order valence-electron chi connectivity index (χ3n) is 3.01. The molecule has 110 valence electrons. The van der Waals surface area contributed by atoms with Crippen LogP contribution in [0.2, 0.25) is 0 Å². The van der Waals surface area contributed by atoms with E-state index in [4.69, 9.17) is 10.00 Å². The maximum absolute atomic E-state index is 12.8. The molecule has 1 N–H and O–H groups in total. The molecule has 3 nitrogen and oxygen atoms in total. The molecule has 1 rings (SSSR count). The minimum Gasteiger partial charge on any atom is -0.490 e. The number of ether oxygens (including phenoxy) is 1. The number of nitrogens with one attached hydrogen (secondary N) is 1. The van der Waals surface area contributed by atoms with Crippen LogP contribution in [0.15, 0.2) is 24.3 Å². The topological polar surface area (TPSA) is 45.0 Å². The molecule has 6 heteroatoms. The fourth-order valence-electron chi connectivity index (χ4n) is 1.84. The predicted molar refractivity (Wildman–Crippen MR) is 69.2 cm³/mol. The number of nitrogens with zero attached hydrogens (tertiary/aromatic N) is 1. The molecule has 0 aliphatic rings. The van der Waals surface area contributed by atoms with Gasteiger partial charge >= 0.3 is 6.18 Å². The van der Waals surface area contributed by atoms with E-state index in [1.54, 1.807) is 20.9 Å². The van der Waals surface area contributed by atoms with Gasteiger partial charge in [-0.2, -0.15) is 18.4 Å². The third-order valence-corrected chi connectivity index (χ3v) is 3.01. The summed E-state index contributed by atoms with van der Waals surface area (Å²) in [4.78, 5) is 0. The Hall–Kier alpha value is -1.74. The van der Waals surface area contributed by atoms with Gasteiger partial charge in [0, 0.05) is 6.42 Å². The first-order valence-electron chi connectivity index (χ1n) is 6.15. The second-order valence-corrected chi connectivity index (χ2v) is 4.82. The smallest absolute Gasteiger partial charge is 0.419 e. The molecular formula is C14H17F3N2O. The molecule has 2 unspecified atom stereocenters. The summed E-state index contributed by atoms with van der Waals surface area (Å²) in [5.41, 5.74) is -1.65. The van der Waals surface area contributed by atoms with Crippen molar-refractivity contribution in [1.29, 1.82) is 5.26 Å². The van der Waals surface area contributed by atoms with E-state index in [9.17, 15) is 13.2 Å². The Bertz CT molecular complexity index is 496. The highest BCUT2D eigenvalue weighted by Gasteiger charge is 2.35. The maximum Gasteiger partial charge on any atom is 0.419 e. The Morgan fingerprint density at radius 3 is 2.45 bits per heavy atom. The lowest BCUT2D eigenvalue weighted by Gasteiger charge is -2.26. The highest BCUT2D eigenvalue weighted by atomic mass is 19.4. The number of rotatable bonds is 5. The molecule has 0 bridgehead atoms. The summed E-state index contributed by atoms with van der Waals surface area (Å²) < 4.78 is 43.8. The van der Waals surface area contributed by atoms with E-state index in [-0.39, 0.29) is 12.2 Å². The molecule has 20 heavy (non-hydrogen) atoms. The van der Waals surface area contributed by atoms with E-state index < -0.39 is 23.4 Å². The number of benzene rings is 1. The molecule has 2 atom stereocenters. The van der Waals surface area contributed by atoms with Crippen molar-refractivity contribution in [2.45, 2.75) is 38.1 Å². The summed E-state index contributed by atoms with van der Waals surface area (Å²) in [7, 11) is 1.62. The fraction of sp³-hybridized carbons (Fsp3) is 0.500. The van der Waals surface area contributed by atoms with Gasteiger partial charge in [-0.3, -0.25) is 0 Å². The lowest BCUT2D eigenvalue weighted by Crippen LogP contribution is -2.42. The summed E-state index contributed by atoms with van der Waals surface area (Å²) in [5, 5.41) is 11.9. The normalized spacial score (nSPS) is 16.1. The van der Waals surface area contributed by atoms with E-state index in [0.717, 1.165) is 6.07 Å². The molecule has 0 heterocycles. The van der Waals surface area contributed by atoms with Crippen LogP contribution in [0.3, 0.4) is 0 Å². The third kappa shape index (κ3) is 4.14. The van der Waals surface area contributed by atoms with Crippen molar-refractivity contribution < 1.29 is 17.9 Å². The molecule has 0 spiro atoms. The number of para-hydroxylation sites is 1. The van der Waals surface area contributed by atoms with Crippen LogP contribution in [0.5, 0.6) is 5.75 Å². The number of hydrogen-bond donors (Lipinski definition) is 1. The van der Waals surface area contributed by atoms with E-state index in [2.05, 4.69) is 11.4 Å². The summed E-state index contributed by atoms with van der Waals surface area (Å²) >= 11 is 0. The monoisotopic (exact) mass is 286 g/mol. The summed E-state index contributed by atoms with van der Waals surface area (Å²) in [6, 6.07) is 7.13. The van der Waals surface area contributed by atoms with Crippen molar-refractivity contribution >= 4 is 0 Å². The van der Waals surface area contributed by atoms with Gasteiger partial charge in [-0.25, -0.2) is 0 Å². The van der Waals surface area contributed by atoms with Gasteiger partial charge in [-0.15, -0.1) is 0 Å². The largest absolute Gasteiger partial charge is 0.490 e. The molecule has 0 amide bonds. The summed E-state index contributed by atoms with van der Waals surface area (Å²) in [6.45, 7) is 3.31. The van der Waals surface area contributed by atoms with E-state index in [1.807, 2.05) is 0 Å². The standard InChI is InChI=1S/C14H17F3N2O/c1-10(8-13(2,9-18)19-3)20-12-7-5-4-6-11(12)14(15,16)17/h4-7,10,19H,8H2,1-3H3. The Morgan fingerprint density at radius 2 is 1.95 bits per heavy atom. The number of halogens is 3. The van der Waals surface area contributed by atoms with Crippen molar-refractivity contribution in [2.24, 2.45) is 0 Å². The summed E-state index contributed by atoms with van der Waals surface area (Å²) in [6.07, 6.45) is -4.72. The average Bonchev–Trinajstić information content (AvgIpc) is 2.37. The van der Waals surface area contributed by atoms with Crippen molar-refractivity contribution in [3.05, 3.63) is 29.8 Å². The number of alkyl halides is 3. The van der Waals surface area contributed by atoms with Crippen molar-refractivity contribution in [3.8, 4) is 11.8 Å². The first-order valence-corrected chi connectivity index (χ1v) is 6.15. The number of hydrogen-bond acceptors (Lipinski definition) is 3. The molecule has 1 aromatic rings. The zero-order valence-electron chi connectivity index (χ0n) is 11.6. The molecule has 0 saturated heterocycles. The van der Waals surface area contributed by atoms with E-state index in [1.165, 1.54) is 18.2 Å². The maximum atomic E-state index is 12.8. The second-order valence-electron chi connectivity index (χ2n) is 4.82. The van der Waals surface area contributed by atoms with Crippen LogP contribution >= 0.6 is 0 Å². The first-order chi connectivity index (χ1) is 9.22. The van der Waals surface area contributed by atoms with Gasteiger partial charge in [-0.05, 0) is 33.0 Å². The molecule has 0 aromatic heterocycles. The minimum absolute atomic E-state index is 0.219. The van der Waals surface area contributed by atoms with Crippen LogP contribution in [-0.2, 0) is 6.18 Å². The highest BCUT2D eigenvalue weighted by molar-refractivity contribution is 5.35. The van der Waals surface area contributed by atoms with Crippen molar-refractivity contribution in [3.63, 3.8) is 0 Å². The molecular weight excluding hydrogens is 269 g/mol. The molecule has 0 aliphatic heterocycles. The quantitative estimate of drug-likeness (QED) is 0.902. The molecule has 0 saturated carbocycles. The van der Waals surface area contributed by atoms with Crippen LogP contribution in [0.4, 0.5) is 13.2 Å². The van der Waals surface area contributed by atoms with Gasteiger partial charge in [0.2, 0.25) is 0 Å². The Balaban J connectivity index is 2.87. The van der Waals surface area contributed by atoms with Gasteiger partial charge in [0.15, 0.2) is 0 Å². The van der Waals surface area contributed by atoms with Gasteiger partial charge in [0.1, 0.15) is 11.3 Å². The minimum atomic E-state index is -4.46. The van der Waals surface area contributed by atoms with Crippen LogP contribution in [0, 0.1) is 11.3 Å². The predicted octanol–water partition coefficient (Wildman–Crippen LogP) is 3.36. The van der Waals surface area contributed by atoms with Gasteiger partial charge in [0.25, 0.3) is 0 Å². The summed E-state index contributed by atoms with van der Waals surface area (Å²) in [5.74, 6) is -0.219. The molecule has 0 fully saturated rings. The van der Waals surface area contributed by atoms with Crippen molar-refractivity contribution in [2.75, 3.05) is 7.05 Å². The highest BCUT2D eigenvalue weighted by Crippen LogP contribution is 2.36. The Kier molecular flexibility index (Phi) is 5.01. The zero-order chi connectivity index (χ0) is 15.4. The van der Waals surface area contributed by atoms with Crippen LogP contribution < -0.4 is 10.1 Å². The molecule has 1 aromatic carbocycles. The van der Waals surface area contributed by atoms with E-state index >= 15 is 0 Å². The average molecular weight is 286 g/mol. The van der Waals surface area contributed by atoms with Gasteiger partial charge in [-0.1, -0.05) is 12.1 Å². The lowest BCUT2D eigenvalue weighted by molar-refractivity contribution is -0.139. The molecule has 0 radical (unpaired) electrons.